The molecular weight excluding hydrogens is 326 g/mol. The maximum Gasteiger partial charge on any atom is 0.339 e. The van der Waals surface area contributed by atoms with Crippen LogP contribution >= 0.6 is 23.4 Å². The molecule has 1 aliphatic heterocycles. The minimum Gasteiger partial charge on any atom is -0.465 e. The third-order valence-electron chi connectivity index (χ3n) is 3.40. The molecule has 1 fully saturated rings. The zero-order chi connectivity index (χ0) is 16.3. The largest absolute Gasteiger partial charge is 0.465 e. The van der Waals surface area contributed by atoms with Crippen molar-refractivity contribution in [3.8, 4) is 0 Å². The fraction of sp³-hybridized carbons (Fsp3) is 0.400. The smallest absolute Gasteiger partial charge is 0.339 e. The van der Waals surface area contributed by atoms with Gasteiger partial charge in [0, 0.05) is 31.3 Å². The van der Waals surface area contributed by atoms with Gasteiger partial charge in [-0.25, -0.2) is 4.79 Å². The minimum absolute atomic E-state index is 0.00367. The van der Waals surface area contributed by atoms with Crippen LogP contribution in [0.5, 0.6) is 0 Å². The number of hydrogen-bond donors (Lipinski definition) is 0. The van der Waals surface area contributed by atoms with Crippen molar-refractivity contribution in [3.05, 3.63) is 28.8 Å². The molecule has 1 amide bonds. The molecule has 1 aliphatic rings. The minimum atomic E-state index is -0.514. The molecule has 5 nitrogen and oxygen atoms in total. The molecule has 118 valence electrons. The van der Waals surface area contributed by atoms with Crippen molar-refractivity contribution in [1.29, 1.82) is 0 Å². The molecule has 0 spiro atoms. The second kappa shape index (κ2) is 7.15. The molecule has 1 aromatic carbocycles. The average molecular weight is 342 g/mol. The van der Waals surface area contributed by atoms with Crippen molar-refractivity contribution in [2.24, 2.45) is 5.92 Å². The molecular formula is C15H16ClNO4S. The Balaban J connectivity index is 2.12. The van der Waals surface area contributed by atoms with Crippen LogP contribution in [-0.4, -0.2) is 36.4 Å². The molecule has 2 rings (SSSR count). The quantitative estimate of drug-likeness (QED) is 0.788. The Morgan fingerprint density at radius 3 is 2.77 bits per heavy atom. The van der Waals surface area contributed by atoms with Gasteiger partial charge in [-0.3, -0.25) is 9.59 Å². The van der Waals surface area contributed by atoms with Crippen LogP contribution in [0.15, 0.2) is 18.2 Å². The highest BCUT2D eigenvalue weighted by Crippen LogP contribution is 2.30. The molecule has 0 radical (unpaired) electrons. The van der Waals surface area contributed by atoms with E-state index in [0.717, 1.165) is 0 Å². The van der Waals surface area contributed by atoms with Crippen LogP contribution in [0.1, 0.15) is 23.7 Å². The van der Waals surface area contributed by atoms with Crippen LogP contribution in [0.4, 0.5) is 5.69 Å². The predicted molar refractivity (Wildman–Crippen MR) is 86.4 cm³/mol. The SMILES string of the molecule is COC(=O)c1ccc(N2CC(CSC(C)=O)CC2=O)cc1Cl. The summed E-state index contributed by atoms with van der Waals surface area (Å²) in [6, 6.07) is 4.82. The van der Waals surface area contributed by atoms with Crippen LogP contribution < -0.4 is 4.90 Å². The highest BCUT2D eigenvalue weighted by molar-refractivity contribution is 8.13. The van der Waals surface area contributed by atoms with Gasteiger partial charge in [0.05, 0.1) is 17.7 Å². The van der Waals surface area contributed by atoms with Gasteiger partial charge in [0.2, 0.25) is 5.91 Å². The van der Waals surface area contributed by atoms with E-state index in [4.69, 9.17) is 11.6 Å². The van der Waals surface area contributed by atoms with Gasteiger partial charge >= 0.3 is 5.97 Å². The number of thioether (sulfide) groups is 1. The second-order valence-electron chi connectivity index (χ2n) is 5.03. The summed E-state index contributed by atoms with van der Waals surface area (Å²) < 4.78 is 4.64. The number of rotatable bonds is 4. The average Bonchev–Trinajstić information content (AvgIpc) is 2.85. The molecule has 1 heterocycles. The lowest BCUT2D eigenvalue weighted by molar-refractivity contribution is -0.117. The first-order chi connectivity index (χ1) is 10.4. The second-order valence-corrected chi connectivity index (χ2v) is 6.64. The lowest BCUT2D eigenvalue weighted by Crippen LogP contribution is -2.24. The van der Waals surface area contributed by atoms with Gasteiger partial charge in [-0.15, -0.1) is 0 Å². The summed E-state index contributed by atoms with van der Waals surface area (Å²) in [5.74, 6) is 0.252. The van der Waals surface area contributed by atoms with Gasteiger partial charge in [0.1, 0.15) is 0 Å². The first-order valence-corrected chi connectivity index (χ1v) is 8.10. The lowest BCUT2D eigenvalue weighted by Gasteiger charge is -2.17. The number of ether oxygens (including phenoxy) is 1. The van der Waals surface area contributed by atoms with Crippen LogP contribution in [0, 0.1) is 5.92 Å². The van der Waals surface area contributed by atoms with Gasteiger partial charge in [-0.2, -0.15) is 0 Å². The third kappa shape index (κ3) is 3.81. The monoisotopic (exact) mass is 341 g/mol. The normalized spacial score (nSPS) is 17.7. The number of carbonyl (C=O) groups is 3. The van der Waals surface area contributed by atoms with Crippen molar-refractivity contribution in [2.45, 2.75) is 13.3 Å². The number of methoxy groups -OCH3 is 1. The zero-order valence-electron chi connectivity index (χ0n) is 12.3. The summed E-state index contributed by atoms with van der Waals surface area (Å²) in [6.45, 7) is 2.07. The fourth-order valence-corrected chi connectivity index (χ4v) is 3.27. The Kier molecular flexibility index (Phi) is 5.47. The molecule has 1 unspecified atom stereocenters. The Morgan fingerprint density at radius 1 is 1.45 bits per heavy atom. The van der Waals surface area contributed by atoms with E-state index < -0.39 is 5.97 Å². The van der Waals surface area contributed by atoms with Gasteiger partial charge in [0.25, 0.3) is 0 Å². The number of esters is 1. The van der Waals surface area contributed by atoms with E-state index in [1.807, 2.05) is 0 Å². The van der Waals surface area contributed by atoms with E-state index in [-0.39, 0.29) is 27.5 Å². The maximum absolute atomic E-state index is 12.1. The summed E-state index contributed by atoms with van der Waals surface area (Å²) in [5, 5.41) is 0.301. The van der Waals surface area contributed by atoms with Crippen molar-refractivity contribution >= 4 is 46.0 Å². The van der Waals surface area contributed by atoms with Crippen molar-refractivity contribution in [3.63, 3.8) is 0 Å². The van der Waals surface area contributed by atoms with Gasteiger partial charge in [0.15, 0.2) is 5.12 Å². The molecule has 0 saturated carbocycles. The number of carbonyl (C=O) groups excluding carboxylic acids is 3. The molecule has 7 heteroatoms. The summed E-state index contributed by atoms with van der Waals surface area (Å²) in [4.78, 5) is 36.3. The first kappa shape index (κ1) is 16.8. The molecule has 0 bridgehead atoms. The van der Waals surface area contributed by atoms with Gasteiger partial charge < -0.3 is 9.64 Å². The van der Waals surface area contributed by atoms with Crippen molar-refractivity contribution < 1.29 is 19.1 Å². The lowest BCUT2D eigenvalue weighted by atomic mass is 10.1. The molecule has 0 aliphatic carbocycles. The molecule has 0 N–H and O–H groups in total. The topological polar surface area (TPSA) is 63.7 Å². The Morgan fingerprint density at radius 2 is 2.18 bits per heavy atom. The van der Waals surface area contributed by atoms with Crippen molar-refractivity contribution in [2.75, 3.05) is 24.3 Å². The highest BCUT2D eigenvalue weighted by Gasteiger charge is 2.31. The number of amides is 1. The van der Waals surface area contributed by atoms with E-state index in [0.29, 0.717) is 24.4 Å². The van der Waals surface area contributed by atoms with E-state index in [1.54, 1.807) is 23.1 Å². The Bertz CT molecular complexity index is 620. The number of anilines is 1. The zero-order valence-corrected chi connectivity index (χ0v) is 13.9. The Labute approximate surface area is 137 Å². The molecule has 1 saturated heterocycles. The Hall–Kier alpha value is -1.53. The van der Waals surface area contributed by atoms with E-state index in [9.17, 15) is 14.4 Å². The summed E-state index contributed by atoms with van der Waals surface area (Å²) in [7, 11) is 1.29. The number of hydrogen-bond acceptors (Lipinski definition) is 5. The van der Waals surface area contributed by atoms with Crippen LogP contribution in [-0.2, 0) is 14.3 Å². The first-order valence-electron chi connectivity index (χ1n) is 6.74. The van der Waals surface area contributed by atoms with E-state index in [1.165, 1.54) is 25.8 Å². The molecule has 22 heavy (non-hydrogen) atoms. The molecule has 0 aromatic heterocycles. The summed E-state index contributed by atoms with van der Waals surface area (Å²) in [6.07, 6.45) is 0.413. The van der Waals surface area contributed by atoms with Gasteiger partial charge in [-0.1, -0.05) is 23.4 Å². The van der Waals surface area contributed by atoms with E-state index in [2.05, 4.69) is 4.74 Å². The fourth-order valence-electron chi connectivity index (χ4n) is 2.33. The van der Waals surface area contributed by atoms with Crippen LogP contribution in [0.25, 0.3) is 0 Å². The summed E-state index contributed by atoms with van der Waals surface area (Å²) in [5.41, 5.74) is 0.918. The maximum atomic E-state index is 12.1. The molecule has 1 atom stereocenters. The number of nitrogens with zero attached hydrogens (tertiary/aromatic N) is 1. The number of halogens is 1. The predicted octanol–water partition coefficient (Wildman–Crippen LogP) is 2.76. The number of benzene rings is 1. The highest BCUT2D eigenvalue weighted by atomic mass is 35.5. The molecule has 1 aromatic rings. The van der Waals surface area contributed by atoms with Crippen molar-refractivity contribution in [1.82, 2.24) is 0 Å². The van der Waals surface area contributed by atoms with E-state index >= 15 is 0 Å². The standard InChI is InChI=1S/C15H16ClNO4S/c1-9(18)22-8-10-5-14(19)17(7-10)11-3-4-12(13(16)6-11)15(20)21-2/h3-4,6,10H,5,7-8H2,1-2H3. The summed E-state index contributed by atoms with van der Waals surface area (Å²) >= 11 is 7.32. The van der Waals surface area contributed by atoms with Gasteiger partial charge in [-0.05, 0) is 24.1 Å². The van der Waals surface area contributed by atoms with Crippen LogP contribution in [0.2, 0.25) is 5.02 Å². The third-order valence-corrected chi connectivity index (χ3v) is 4.75. The van der Waals surface area contributed by atoms with Crippen LogP contribution in [0.3, 0.4) is 0 Å².